The predicted octanol–water partition coefficient (Wildman–Crippen LogP) is -0.488. The molecule has 2 heterocycles. The van der Waals surface area contributed by atoms with Crippen LogP contribution in [0.15, 0.2) is 31.7 Å². The lowest BCUT2D eigenvalue weighted by Gasteiger charge is -1.94. The monoisotopic (exact) mass is 288 g/mol. The van der Waals surface area contributed by atoms with Crippen LogP contribution < -0.4 is 22.6 Å². The Morgan fingerprint density at radius 3 is 1.76 bits per heavy atom. The van der Waals surface area contributed by atoms with Crippen molar-refractivity contribution in [2.24, 2.45) is 9.98 Å². The predicted molar refractivity (Wildman–Crippen MR) is 79.5 cm³/mol. The van der Waals surface area contributed by atoms with Crippen LogP contribution in [0.1, 0.15) is 6.42 Å². The molecule has 21 heavy (non-hydrogen) atoms. The first kappa shape index (κ1) is 14.1. The number of aromatic amines is 2. The number of H-pyrrole nitrogens is 2. The van der Waals surface area contributed by atoms with Crippen LogP contribution >= 0.6 is 0 Å². The van der Waals surface area contributed by atoms with Crippen LogP contribution in [-0.2, 0) is 0 Å². The van der Waals surface area contributed by atoms with Gasteiger partial charge in [0.25, 0.3) is 11.1 Å². The Kier molecular flexibility index (Phi) is 4.19. The summed E-state index contributed by atoms with van der Waals surface area (Å²) >= 11 is 0. The first-order valence-corrected chi connectivity index (χ1v) is 5.81. The molecule has 0 aromatic carbocycles. The number of nitrogen functional groups attached to an aromatic ring is 2. The van der Waals surface area contributed by atoms with E-state index in [9.17, 15) is 9.59 Å². The molecule has 0 unspecified atom stereocenters. The summed E-state index contributed by atoms with van der Waals surface area (Å²) in [6.07, 6.45) is 3.32. The van der Waals surface area contributed by atoms with E-state index in [1.165, 1.54) is 24.6 Å². The van der Waals surface area contributed by atoms with Crippen molar-refractivity contribution >= 4 is 36.0 Å². The van der Waals surface area contributed by atoms with Crippen molar-refractivity contribution in [3.8, 4) is 0 Å². The average Bonchev–Trinajstić information content (AvgIpc) is 2.36. The van der Waals surface area contributed by atoms with E-state index in [-0.39, 0.29) is 34.7 Å². The van der Waals surface area contributed by atoms with E-state index in [1.54, 1.807) is 0 Å². The molecule has 0 saturated heterocycles. The van der Waals surface area contributed by atoms with Crippen LogP contribution in [0, 0.1) is 0 Å². The van der Waals surface area contributed by atoms with Crippen LogP contribution in [0.2, 0.25) is 0 Å². The van der Waals surface area contributed by atoms with Gasteiger partial charge >= 0.3 is 0 Å². The Morgan fingerprint density at radius 2 is 1.38 bits per heavy atom. The maximum Gasteiger partial charge on any atom is 0.254 e. The SMILES string of the molecule is Nc1nc(/N=C/C/C=N/c2cc(=O)[nH]c(N)n2)cc(=O)[nH]1. The Bertz CT molecular complexity index is 737. The molecular formula is C11H12N8O2. The van der Waals surface area contributed by atoms with Gasteiger partial charge in [-0.3, -0.25) is 19.6 Å². The summed E-state index contributed by atoms with van der Waals surface area (Å²) in [6.45, 7) is 0. The minimum atomic E-state index is -0.383. The van der Waals surface area contributed by atoms with Crippen molar-refractivity contribution in [3.05, 3.63) is 32.8 Å². The molecule has 0 bridgehead atoms. The lowest BCUT2D eigenvalue weighted by molar-refractivity contribution is 1.12. The standard InChI is InChI=1S/C11H12N8O2/c12-10-16-6(4-8(20)18-10)14-2-1-3-15-7-5-9(21)19-11(13)17-7/h2-5H,1H2,(H3,12,16,18,20)(H3,13,17,19,21)/b14-2+,15-3+. The third-order valence-corrected chi connectivity index (χ3v) is 2.15. The van der Waals surface area contributed by atoms with Crippen LogP contribution in [-0.4, -0.2) is 32.4 Å². The zero-order valence-electron chi connectivity index (χ0n) is 10.8. The first-order valence-electron chi connectivity index (χ1n) is 5.81. The molecule has 0 aliphatic rings. The molecular weight excluding hydrogens is 276 g/mol. The molecule has 10 nitrogen and oxygen atoms in total. The lowest BCUT2D eigenvalue weighted by atomic mass is 10.5. The number of nitrogens with one attached hydrogen (secondary N) is 2. The number of nitrogens with two attached hydrogens (primary N) is 2. The van der Waals surface area contributed by atoms with Crippen LogP contribution in [0.4, 0.5) is 23.5 Å². The van der Waals surface area contributed by atoms with Crippen molar-refractivity contribution in [1.82, 2.24) is 19.9 Å². The number of hydrogen-bond acceptors (Lipinski definition) is 8. The molecule has 0 radical (unpaired) electrons. The topological polar surface area (TPSA) is 168 Å². The highest BCUT2D eigenvalue weighted by molar-refractivity contribution is 5.81. The van der Waals surface area contributed by atoms with E-state index < -0.39 is 0 Å². The largest absolute Gasteiger partial charge is 0.369 e. The van der Waals surface area contributed by atoms with Crippen LogP contribution in [0.3, 0.4) is 0 Å². The van der Waals surface area contributed by atoms with Crippen molar-refractivity contribution in [1.29, 1.82) is 0 Å². The Balaban J connectivity index is 2.00. The van der Waals surface area contributed by atoms with Gasteiger partial charge in [-0.05, 0) is 0 Å². The number of rotatable bonds is 4. The summed E-state index contributed by atoms with van der Waals surface area (Å²) in [6, 6.07) is 2.42. The second-order valence-electron chi connectivity index (χ2n) is 3.84. The van der Waals surface area contributed by atoms with Crippen molar-refractivity contribution in [2.45, 2.75) is 6.42 Å². The minimum Gasteiger partial charge on any atom is -0.369 e. The third-order valence-electron chi connectivity index (χ3n) is 2.15. The Hall–Kier alpha value is -3.30. The van der Waals surface area contributed by atoms with Crippen LogP contribution in [0.25, 0.3) is 0 Å². The smallest absolute Gasteiger partial charge is 0.254 e. The second kappa shape index (κ2) is 6.23. The minimum absolute atomic E-state index is 0.00787. The van der Waals surface area contributed by atoms with E-state index in [0.29, 0.717) is 6.42 Å². The number of nitrogens with zero attached hydrogens (tertiary/aromatic N) is 4. The number of aromatic nitrogens is 4. The van der Waals surface area contributed by atoms with E-state index in [2.05, 4.69) is 29.9 Å². The van der Waals surface area contributed by atoms with Gasteiger partial charge in [0.15, 0.2) is 11.6 Å². The quantitative estimate of drug-likeness (QED) is 0.553. The summed E-state index contributed by atoms with van der Waals surface area (Å²) in [5, 5.41) is 0. The van der Waals surface area contributed by atoms with Gasteiger partial charge in [0.05, 0.1) is 0 Å². The summed E-state index contributed by atoms with van der Waals surface area (Å²) in [4.78, 5) is 42.4. The van der Waals surface area contributed by atoms with Gasteiger partial charge in [-0.1, -0.05) is 0 Å². The number of hydrogen-bond donors (Lipinski definition) is 4. The van der Waals surface area contributed by atoms with Gasteiger partial charge in [0, 0.05) is 31.0 Å². The summed E-state index contributed by atoms with van der Waals surface area (Å²) in [5.41, 5.74) is 9.98. The fraction of sp³-hybridized carbons (Fsp3) is 0.0909. The van der Waals surface area contributed by atoms with E-state index in [1.807, 2.05) is 0 Å². The number of aliphatic imine (C=N–C) groups is 2. The molecule has 10 heteroatoms. The maximum atomic E-state index is 11.1. The summed E-state index contributed by atoms with van der Waals surface area (Å²) in [7, 11) is 0. The van der Waals surface area contributed by atoms with E-state index in [0.717, 1.165) is 0 Å². The zero-order chi connectivity index (χ0) is 15.2. The molecule has 2 aromatic rings. The van der Waals surface area contributed by atoms with Crippen molar-refractivity contribution in [2.75, 3.05) is 11.5 Å². The highest BCUT2D eigenvalue weighted by Crippen LogP contribution is 2.05. The molecule has 0 aliphatic heterocycles. The van der Waals surface area contributed by atoms with Gasteiger partial charge in [-0.15, -0.1) is 0 Å². The summed E-state index contributed by atoms with van der Waals surface area (Å²) in [5.74, 6) is 0.379. The lowest BCUT2D eigenvalue weighted by Crippen LogP contribution is -2.08. The Morgan fingerprint density at radius 1 is 0.952 bits per heavy atom. The number of anilines is 2. The molecule has 0 saturated carbocycles. The van der Waals surface area contributed by atoms with E-state index in [4.69, 9.17) is 11.5 Å². The molecule has 0 spiro atoms. The van der Waals surface area contributed by atoms with Gasteiger partial charge in [-0.25, -0.2) is 9.98 Å². The molecule has 108 valence electrons. The molecule has 0 aliphatic carbocycles. The third kappa shape index (κ3) is 4.38. The van der Waals surface area contributed by atoms with E-state index >= 15 is 0 Å². The van der Waals surface area contributed by atoms with Gasteiger partial charge in [0.1, 0.15) is 0 Å². The average molecular weight is 288 g/mol. The highest BCUT2D eigenvalue weighted by atomic mass is 16.1. The molecule has 6 N–H and O–H groups in total. The maximum absolute atomic E-state index is 11.1. The van der Waals surface area contributed by atoms with Crippen molar-refractivity contribution in [3.63, 3.8) is 0 Å². The fourth-order valence-corrected chi connectivity index (χ4v) is 1.40. The van der Waals surface area contributed by atoms with Gasteiger partial charge in [-0.2, -0.15) is 9.97 Å². The highest BCUT2D eigenvalue weighted by Gasteiger charge is 1.95. The van der Waals surface area contributed by atoms with Gasteiger partial charge < -0.3 is 11.5 Å². The van der Waals surface area contributed by atoms with Gasteiger partial charge in [0.2, 0.25) is 11.9 Å². The Labute approximate surface area is 117 Å². The molecule has 2 aromatic heterocycles. The molecule has 0 fully saturated rings. The zero-order valence-corrected chi connectivity index (χ0v) is 10.8. The first-order chi connectivity index (χ1) is 10.0. The second-order valence-corrected chi connectivity index (χ2v) is 3.84. The van der Waals surface area contributed by atoms with Crippen LogP contribution in [0.5, 0.6) is 0 Å². The summed E-state index contributed by atoms with van der Waals surface area (Å²) < 4.78 is 0. The molecule has 2 rings (SSSR count). The molecule has 0 atom stereocenters. The normalized spacial score (nSPS) is 11.4. The fourth-order valence-electron chi connectivity index (χ4n) is 1.40. The van der Waals surface area contributed by atoms with Crippen molar-refractivity contribution < 1.29 is 0 Å². The molecule has 0 amide bonds.